The average Bonchev–Trinajstić information content (AvgIpc) is 2.82. The van der Waals surface area contributed by atoms with Crippen molar-refractivity contribution in [1.82, 2.24) is 10.2 Å². The van der Waals surface area contributed by atoms with Crippen molar-refractivity contribution in [3.63, 3.8) is 0 Å². The van der Waals surface area contributed by atoms with Crippen LogP contribution in [0.3, 0.4) is 0 Å². The standard InChI is InChI=1S/C10H10F2N4O2S/c11-7-1-2-8(12)9(3-7)16-19(17,18)10-6(4-13)5-14-15-10/h1-3,5,16H,4,13H2,(H,14,15). The van der Waals surface area contributed by atoms with Gasteiger partial charge >= 0.3 is 0 Å². The second kappa shape index (κ2) is 4.94. The monoisotopic (exact) mass is 288 g/mol. The van der Waals surface area contributed by atoms with Gasteiger partial charge in [0, 0.05) is 18.2 Å². The van der Waals surface area contributed by atoms with E-state index in [1.165, 1.54) is 6.20 Å². The topological polar surface area (TPSA) is 101 Å². The summed E-state index contributed by atoms with van der Waals surface area (Å²) < 4.78 is 52.2. The SMILES string of the molecule is NCc1cn[nH]c1S(=O)(=O)Nc1cc(F)ccc1F. The van der Waals surface area contributed by atoms with Crippen LogP contribution in [0.1, 0.15) is 5.56 Å². The van der Waals surface area contributed by atoms with E-state index in [1.807, 2.05) is 4.72 Å². The zero-order valence-electron chi connectivity index (χ0n) is 9.52. The maximum Gasteiger partial charge on any atom is 0.279 e. The Hall–Kier alpha value is -2.00. The molecule has 0 spiro atoms. The van der Waals surface area contributed by atoms with Crippen LogP contribution >= 0.6 is 0 Å². The van der Waals surface area contributed by atoms with Gasteiger partial charge in [0.05, 0.1) is 11.9 Å². The summed E-state index contributed by atoms with van der Waals surface area (Å²) in [5, 5.41) is 5.52. The molecule has 102 valence electrons. The number of anilines is 1. The van der Waals surface area contributed by atoms with E-state index >= 15 is 0 Å². The summed E-state index contributed by atoms with van der Waals surface area (Å²) in [5.41, 5.74) is 5.10. The minimum Gasteiger partial charge on any atom is -0.326 e. The van der Waals surface area contributed by atoms with Crippen LogP contribution in [0.25, 0.3) is 0 Å². The Kier molecular flexibility index (Phi) is 3.49. The highest BCUT2D eigenvalue weighted by Crippen LogP contribution is 2.20. The number of benzene rings is 1. The lowest BCUT2D eigenvalue weighted by Gasteiger charge is -2.08. The molecular weight excluding hydrogens is 278 g/mol. The molecule has 1 heterocycles. The minimum atomic E-state index is -4.11. The van der Waals surface area contributed by atoms with Crippen molar-refractivity contribution in [3.05, 3.63) is 41.6 Å². The lowest BCUT2D eigenvalue weighted by atomic mass is 10.3. The number of H-pyrrole nitrogens is 1. The largest absolute Gasteiger partial charge is 0.326 e. The van der Waals surface area contributed by atoms with Crippen LogP contribution in [-0.4, -0.2) is 18.6 Å². The molecule has 0 aliphatic carbocycles. The smallest absolute Gasteiger partial charge is 0.279 e. The van der Waals surface area contributed by atoms with Crippen molar-refractivity contribution < 1.29 is 17.2 Å². The van der Waals surface area contributed by atoms with Crippen LogP contribution in [0.15, 0.2) is 29.4 Å². The van der Waals surface area contributed by atoms with Gasteiger partial charge in [0.2, 0.25) is 0 Å². The maximum atomic E-state index is 13.4. The molecule has 0 aliphatic rings. The van der Waals surface area contributed by atoms with Crippen LogP contribution < -0.4 is 10.5 Å². The van der Waals surface area contributed by atoms with Crippen LogP contribution in [0.4, 0.5) is 14.5 Å². The van der Waals surface area contributed by atoms with Gasteiger partial charge in [-0.1, -0.05) is 0 Å². The van der Waals surface area contributed by atoms with Crippen LogP contribution in [0.5, 0.6) is 0 Å². The first kappa shape index (κ1) is 13.4. The highest BCUT2D eigenvalue weighted by atomic mass is 32.2. The molecule has 0 bridgehead atoms. The van der Waals surface area contributed by atoms with Crippen LogP contribution in [-0.2, 0) is 16.6 Å². The van der Waals surface area contributed by atoms with E-state index in [4.69, 9.17) is 5.73 Å². The van der Waals surface area contributed by atoms with E-state index in [0.717, 1.165) is 18.2 Å². The summed E-state index contributed by atoms with van der Waals surface area (Å²) in [5.74, 6) is -1.65. The van der Waals surface area contributed by atoms with Gasteiger partial charge in [-0.05, 0) is 12.1 Å². The van der Waals surface area contributed by atoms with E-state index in [1.54, 1.807) is 0 Å². The number of sulfonamides is 1. The highest BCUT2D eigenvalue weighted by molar-refractivity contribution is 7.92. The summed E-state index contributed by atoms with van der Waals surface area (Å²) in [6, 6.07) is 2.45. The molecule has 2 rings (SSSR count). The van der Waals surface area contributed by atoms with Gasteiger partial charge in [0.25, 0.3) is 10.0 Å². The van der Waals surface area contributed by atoms with Gasteiger partial charge in [-0.3, -0.25) is 9.82 Å². The molecule has 6 nitrogen and oxygen atoms in total. The Morgan fingerprint density at radius 3 is 2.79 bits per heavy atom. The second-order valence-corrected chi connectivity index (χ2v) is 5.28. The Labute approximate surface area is 107 Å². The Morgan fingerprint density at radius 2 is 2.11 bits per heavy atom. The predicted octanol–water partition coefficient (Wildman–Crippen LogP) is 0.947. The third kappa shape index (κ3) is 2.71. The van der Waals surface area contributed by atoms with Crippen molar-refractivity contribution >= 4 is 15.7 Å². The molecule has 0 atom stereocenters. The van der Waals surface area contributed by atoms with Crippen molar-refractivity contribution in [2.75, 3.05) is 4.72 Å². The first-order valence-electron chi connectivity index (χ1n) is 5.14. The van der Waals surface area contributed by atoms with Gasteiger partial charge in [0.15, 0.2) is 5.03 Å². The molecule has 1 aromatic heterocycles. The fourth-order valence-corrected chi connectivity index (χ4v) is 2.65. The molecule has 1 aromatic carbocycles. The third-order valence-corrected chi connectivity index (χ3v) is 3.72. The van der Waals surface area contributed by atoms with Crippen molar-refractivity contribution in [2.45, 2.75) is 11.6 Å². The summed E-state index contributed by atoms with van der Waals surface area (Å²) in [6.07, 6.45) is 1.25. The normalized spacial score (nSPS) is 11.5. The molecule has 4 N–H and O–H groups in total. The van der Waals surface area contributed by atoms with Gasteiger partial charge in [-0.2, -0.15) is 13.5 Å². The average molecular weight is 288 g/mol. The molecule has 0 fully saturated rings. The molecular formula is C10H10F2N4O2S. The minimum absolute atomic E-state index is 0.0572. The molecule has 0 aliphatic heterocycles. The van der Waals surface area contributed by atoms with E-state index in [0.29, 0.717) is 0 Å². The summed E-state index contributed by atoms with van der Waals surface area (Å²) >= 11 is 0. The summed E-state index contributed by atoms with van der Waals surface area (Å²) in [7, 11) is -4.11. The van der Waals surface area contributed by atoms with Crippen molar-refractivity contribution in [3.8, 4) is 0 Å². The number of halogens is 2. The van der Waals surface area contributed by atoms with Crippen molar-refractivity contribution in [1.29, 1.82) is 0 Å². The Balaban J connectivity index is 2.39. The van der Waals surface area contributed by atoms with Gasteiger partial charge in [0.1, 0.15) is 11.6 Å². The van der Waals surface area contributed by atoms with Crippen LogP contribution in [0.2, 0.25) is 0 Å². The number of nitrogens with one attached hydrogen (secondary N) is 2. The van der Waals surface area contributed by atoms with E-state index in [9.17, 15) is 17.2 Å². The predicted molar refractivity (Wildman–Crippen MR) is 63.6 cm³/mol. The number of hydrogen-bond acceptors (Lipinski definition) is 4. The number of aromatic nitrogens is 2. The summed E-state index contributed by atoms with van der Waals surface area (Å²) in [4.78, 5) is 0. The highest BCUT2D eigenvalue weighted by Gasteiger charge is 2.21. The van der Waals surface area contributed by atoms with Gasteiger partial charge in [-0.15, -0.1) is 0 Å². The quantitative estimate of drug-likeness (QED) is 0.779. The number of nitrogens with zero attached hydrogens (tertiary/aromatic N) is 1. The first-order chi connectivity index (χ1) is 8.94. The molecule has 0 saturated carbocycles. The van der Waals surface area contributed by atoms with E-state index in [-0.39, 0.29) is 17.1 Å². The second-order valence-electron chi connectivity index (χ2n) is 3.66. The van der Waals surface area contributed by atoms with Gasteiger partial charge in [-0.25, -0.2) is 8.78 Å². The third-order valence-electron chi connectivity index (χ3n) is 2.34. The lowest BCUT2D eigenvalue weighted by Crippen LogP contribution is -2.17. The lowest BCUT2D eigenvalue weighted by molar-refractivity contribution is 0.590. The Bertz CT molecular complexity index is 699. The molecule has 2 aromatic rings. The van der Waals surface area contributed by atoms with Crippen molar-refractivity contribution in [2.24, 2.45) is 5.73 Å². The number of hydrogen-bond donors (Lipinski definition) is 3. The van der Waals surface area contributed by atoms with E-state index < -0.39 is 27.3 Å². The van der Waals surface area contributed by atoms with Gasteiger partial charge < -0.3 is 5.73 Å². The number of aromatic amines is 1. The van der Waals surface area contributed by atoms with Crippen LogP contribution in [0, 0.1) is 11.6 Å². The molecule has 19 heavy (non-hydrogen) atoms. The molecule has 0 amide bonds. The first-order valence-corrected chi connectivity index (χ1v) is 6.62. The zero-order chi connectivity index (χ0) is 14.0. The molecule has 0 radical (unpaired) electrons. The molecule has 0 saturated heterocycles. The summed E-state index contributed by atoms with van der Waals surface area (Å²) in [6.45, 7) is -0.0572. The zero-order valence-corrected chi connectivity index (χ0v) is 10.3. The number of rotatable bonds is 4. The maximum absolute atomic E-state index is 13.4. The fraction of sp³-hybridized carbons (Fsp3) is 0.100. The van der Waals surface area contributed by atoms with E-state index in [2.05, 4.69) is 10.2 Å². The fourth-order valence-electron chi connectivity index (χ4n) is 1.45. The Morgan fingerprint density at radius 1 is 1.37 bits per heavy atom. The molecule has 9 heteroatoms. The molecule has 0 unspecified atom stereocenters. The number of nitrogens with two attached hydrogens (primary N) is 1.